The molecule has 0 aliphatic heterocycles. The number of aliphatic hydroxyl groups excluding tert-OH is 1. The second kappa shape index (κ2) is 6.52. The number of rotatable bonds is 5. The van der Waals surface area contributed by atoms with E-state index in [0.29, 0.717) is 23.9 Å². The zero-order valence-electron chi connectivity index (χ0n) is 10.4. The zero-order chi connectivity index (χ0) is 13.8. The third-order valence-corrected chi connectivity index (χ3v) is 3.81. The van der Waals surface area contributed by atoms with Gasteiger partial charge in [0, 0.05) is 17.1 Å². The topological polar surface area (TPSA) is 47.3 Å². The normalized spacial score (nSPS) is 12.6. The van der Waals surface area contributed by atoms with Crippen molar-refractivity contribution in [3.63, 3.8) is 0 Å². The van der Waals surface area contributed by atoms with Crippen LogP contribution in [-0.2, 0) is 11.3 Å². The van der Waals surface area contributed by atoms with Crippen LogP contribution in [0.2, 0.25) is 5.02 Å². The van der Waals surface area contributed by atoms with E-state index >= 15 is 0 Å². The third-order valence-electron chi connectivity index (χ3n) is 2.80. The van der Waals surface area contributed by atoms with Crippen molar-refractivity contribution in [2.45, 2.75) is 12.6 Å². The molecule has 1 unspecified atom stereocenters. The molecule has 0 fully saturated rings. The van der Waals surface area contributed by atoms with Gasteiger partial charge >= 0.3 is 0 Å². The Balaban J connectivity index is 2.35. The second-order valence-electron chi connectivity index (χ2n) is 4.02. The van der Waals surface area contributed by atoms with E-state index in [4.69, 9.17) is 16.3 Å². The highest BCUT2D eigenvalue weighted by atomic mass is 79.9. The summed E-state index contributed by atoms with van der Waals surface area (Å²) in [5, 5.41) is 15.1. The van der Waals surface area contributed by atoms with Crippen molar-refractivity contribution in [2.75, 3.05) is 13.7 Å². The number of aromatic nitrogens is 2. The van der Waals surface area contributed by atoms with Crippen molar-refractivity contribution in [1.29, 1.82) is 0 Å². The van der Waals surface area contributed by atoms with Crippen LogP contribution in [0.5, 0.6) is 0 Å². The Morgan fingerprint density at radius 2 is 2.21 bits per heavy atom. The number of benzene rings is 1. The molecule has 0 spiro atoms. The maximum atomic E-state index is 10.5. The average Bonchev–Trinajstić information content (AvgIpc) is 2.77. The molecule has 102 valence electrons. The Hall–Kier alpha value is -0.880. The number of hydrogen-bond acceptors (Lipinski definition) is 3. The van der Waals surface area contributed by atoms with Crippen molar-refractivity contribution in [1.82, 2.24) is 9.78 Å². The molecule has 6 heteroatoms. The highest BCUT2D eigenvalue weighted by Crippen LogP contribution is 2.32. The van der Waals surface area contributed by atoms with E-state index in [2.05, 4.69) is 21.0 Å². The van der Waals surface area contributed by atoms with Gasteiger partial charge in [-0.15, -0.1) is 0 Å². The zero-order valence-corrected chi connectivity index (χ0v) is 12.7. The highest BCUT2D eigenvalue weighted by Gasteiger charge is 2.21. The molecule has 1 atom stereocenters. The average molecular weight is 346 g/mol. The largest absolute Gasteiger partial charge is 0.383 e. The van der Waals surface area contributed by atoms with Crippen LogP contribution in [-0.4, -0.2) is 28.6 Å². The van der Waals surface area contributed by atoms with Crippen LogP contribution < -0.4 is 0 Å². The minimum absolute atomic E-state index is 0.444. The van der Waals surface area contributed by atoms with Gasteiger partial charge in [0.25, 0.3) is 0 Å². The van der Waals surface area contributed by atoms with E-state index in [0.717, 1.165) is 10.0 Å². The first-order valence-corrected chi connectivity index (χ1v) is 6.95. The van der Waals surface area contributed by atoms with Gasteiger partial charge in [0.1, 0.15) is 6.10 Å². The van der Waals surface area contributed by atoms with Crippen LogP contribution in [0.1, 0.15) is 17.4 Å². The van der Waals surface area contributed by atoms with Crippen molar-refractivity contribution in [2.24, 2.45) is 0 Å². The van der Waals surface area contributed by atoms with Crippen LogP contribution in [0.4, 0.5) is 0 Å². The maximum absolute atomic E-state index is 10.5. The third kappa shape index (κ3) is 3.17. The molecule has 2 rings (SSSR count). The first kappa shape index (κ1) is 14.5. The molecule has 0 amide bonds. The predicted octanol–water partition coefficient (Wildman–Crippen LogP) is 3.03. The van der Waals surface area contributed by atoms with Crippen LogP contribution in [0.3, 0.4) is 0 Å². The van der Waals surface area contributed by atoms with Crippen LogP contribution in [0.15, 0.2) is 34.9 Å². The molecule has 0 aliphatic carbocycles. The standard InChI is InChI=1S/C13H14BrClN2O2/c1-19-7-6-17-12(11(15)8-16-17)13(18)9-4-2-3-5-10(9)14/h2-5,8,13,18H,6-7H2,1H3. The van der Waals surface area contributed by atoms with Gasteiger partial charge in [-0.05, 0) is 6.07 Å². The summed E-state index contributed by atoms with van der Waals surface area (Å²) in [6.07, 6.45) is 0.703. The van der Waals surface area contributed by atoms with E-state index in [1.165, 1.54) is 6.20 Å². The first-order valence-electron chi connectivity index (χ1n) is 5.77. The molecule has 1 heterocycles. The second-order valence-corrected chi connectivity index (χ2v) is 5.28. The van der Waals surface area contributed by atoms with Gasteiger partial charge in [0.05, 0.1) is 30.1 Å². The van der Waals surface area contributed by atoms with Gasteiger partial charge in [0.15, 0.2) is 0 Å². The SMILES string of the molecule is COCCn1ncc(Cl)c1C(O)c1ccccc1Br. The lowest BCUT2D eigenvalue weighted by atomic mass is 10.1. The van der Waals surface area contributed by atoms with Gasteiger partial charge in [0.2, 0.25) is 0 Å². The Morgan fingerprint density at radius 3 is 2.89 bits per heavy atom. The molecule has 1 N–H and O–H groups in total. The van der Waals surface area contributed by atoms with E-state index in [1.54, 1.807) is 11.8 Å². The Kier molecular flexibility index (Phi) is 4.99. The molecule has 1 aromatic heterocycles. The summed E-state index contributed by atoms with van der Waals surface area (Å²) >= 11 is 9.55. The number of ether oxygens (including phenoxy) is 1. The van der Waals surface area contributed by atoms with E-state index < -0.39 is 6.10 Å². The fraction of sp³-hybridized carbons (Fsp3) is 0.308. The predicted molar refractivity (Wildman–Crippen MR) is 77.3 cm³/mol. The van der Waals surface area contributed by atoms with E-state index in [1.807, 2.05) is 24.3 Å². The Morgan fingerprint density at radius 1 is 1.47 bits per heavy atom. The van der Waals surface area contributed by atoms with Crippen molar-refractivity contribution >= 4 is 27.5 Å². The highest BCUT2D eigenvalue weighted by molar-refractivity contribution is 9.10. The number of methoxy groups -OCH3 is 1. The molecule has 1 aromatic carbocycles. The van der Waals surface area contributed by atoms with E-state index in [9.17, 15) is 5.11 Å². The lowest BCUT2D eigenvalue weighted by Crippen LogP contribution is -2.13. The van der Waals surface area contributed by atoms with Crippen molar-refractivity contribution in [3.8, 4) is 0 Å². The molecule has 0 bridgehead atoms. The fourth-order valence-corrected chi connectivity index (χ4v) is 2.59. The molecule has 0 aliphatic rings. The van der Waals surface area contributed by atoms with Crippen molar-refractivity contribution in [3.05, 3.63) is 51.2 Å². The minimum atomic E-state index is -0.831. The summed E-state index contributed by atoms with van der Waals surface area (Å²) in [6, 6.07) is 7.48. The van der Waals surface area contributed by atoms with Gasteiger partial charge in [-0.1, -0.05) is 45.7 Å². The smallest absolute Gasteiger partial charge is 0.123 e. The number of hydrogen-bond donors (Lipinski definition) is 1. The summed E-state index contributed by atoms with van der Waals surface area (Å²) < 4.78 is 7.52. The molecular formula is C13H14BrClN2O2. The Bertz CT molecular complexity index is 559. The fourth-order valence-electron chi connectivity index (χ4n) is 1.84. The number of halogens is 2. The van der Waals surface area contributed by atoms with Gasteiger partial charge < -0.3 is 9.84 Å². The minimum Gasteiger partial charge on any atom is -0.383 e. The van der Waals surface area contributed by atoms with Crippen molar-refractivity contribution < 1.29 is 9.84 Å². The van der Waals surface area contributed by atoms with Gasteiger partial charge in [-0.25, -0.2) is 0 Å². The summed E-state index contributed by atoms with van der Waals surface area (Å²) in [5.41, 5.74) is 1.33. The lowest BCUT2D eigenvalue weighted by molar-refractivity contribution is 0.171. The van der Waals surface area contributed by atoms with Crippen LogP contribution in [0.25, 0.3) is 0 Å². The molecule has 0 saturated carbocycles. The van der Waals surface area contributed by atoms with Crippen LogP contribution >= 0.6 is 27.5 Å². The van der Waals surface area contributed by atoms with E-state index in [-0.39, 0.29) is 0 Å². The summed E-state index contributed by atoms with van der Waals surface area (Å²) in [5.74, 6) is 0. The Labute approximate surface area is 125 Å². The maximum Gasteiger partial charge on any atom is 0.123 e. The molecule has 4 nitrogen and oxygen atoms in total. The molecule has 19 heavy (non-hydrogen) atoms. The molecular weight excluding hydrogens is 332 g/mol. The number of nitrogens with zero attached hydrogens (tertiary/aromatic N) is 2. The first-order chi connectivity index (χ1) is 9.15. The van der Waals surface area contributed by atoms with Gasteiger partial charge in [-0.3, -0.25) is 4.68 Å². The quantitative estimate of drug-likeness (QED) is 0.906. The lowest BCUT2D eigenvalue weighted by Gasteiger charge is -2.15. The molecule has 0 radical (unpaired) electrons. The number of aliphatic hydroxyl groups is 1. The molecule has 0 saturated heterocycles. The molecule has 2 aromatic rings. The van der Waals surface area contributed by atoms with Gasteiger partial charge in [-0.2, -0.15) is 5.10 Å². The van der Waals surface area contributed by atoms with Crippen LogP contribution in [0, 0.1) is 0 Å². The summed E-state index contributed by atoms with van der Waals surface area (Å²) in [6.45, 7) is 1.05. The monoisotopic (exact) mass is 344 g/mol. The summed E-state index contributed by atoms with van der Waals surface area (Å²) in [4.78, 5) is 0. The summed E-state index contributed by atoms with van der Waals surface area (Å²) in [7, 11) is 1.62.